The summed E-state index contributed by atoms with van der Waals surface area (Å²) in [5, 5.41) is 2.75. The molecule has 0 aromatic heterocycles. The number of carbonyl (C=O) groups excluding carboxylic acids is 3. The van der Waals surface area contributed by atoms with E-state index in [1.54, 1.807) is 26.2 Å². The Morgan fingerprint density at radius 2 is 2.08 bits per heavy atom. The molecule has 0 radical (unpaired) electrons. The minimum absolute atomic E-state index is 0.00379. The molecular weight excluding hydrogens is 312 g/mol. The topological polar surface area (TPSA) is 94.1 Å². The molecule has 0 saturated carbocycles. The predicted octanol–water partition coefficient (Wildman–Crippen LogP) is 1.07. The van der Waals surface area contributed by atoms with Gasteiger partial charge in [0.15, 0.2) is 0 Å². The molecule has 2 amide bonds. The van der Waals surface area contributed by atoms with Crippen molar-refractivity contribution in [1.82, 2.24) is 5.32 Å². The second kappa shape index (κ2) is 8.35. The Morgan fingerprint density at radius 1 is 1.29 bits per heavy atom. The normalized spacial score (nSPS) is 20.8. The maximum Gasteiger partial charge on any atom is 0.306 e. The van der Waals surface area contributed by atoms with E-state index in [0.717, 1.165) is 5.57 Å². The van der Waals surface area contributed by atoms with Crippen LogP contribution in [0.5, 0.6) is 0 Å². The molecule has 7 nitrogen and oxygen atoms in total. The Hall–Kier alpha value is -2.54. The molecule has 1 heterocycles. The SMILES string of the molecule is CCOC(=O)CCC(=O)N=C1C=CC2C(COC)=CC(=O)NC2=C1. The molecule has 1 aliphatic carbocycles. The van der Waals surface area contributed by atoms with Crippen LogP contribution in [0, 0.1) is 5.92 Å². The molecule has 0 bridgehead atoms. The van der Waals surface area contributed by atoms with Gasteiger partial charge in [0, 0.05) is 31.2 Å². The molecular formula is C17H20N2O5. The van der Waals surface area contributed by atoms with Gasteiger partial charge >= 0.3 is 5.97 Å². The molecule has 128 valence electrons. The Morgan fingerprint density at radius 3 is 2.79 bits per heavy atom. The molecule has 1 N–H and O–H groups in total. The number of rotatable bonds is 6. The number of carbonyl (C=O) groups is 3. The van der Waals surface area contributed by atoms with Crippen molar-refractivity contribution in [2.24, 2.45) is 10.9 Å². The van der Waals surface area contributed by atoms with Gasteiger partial charge in [-0.1, -0.05) is 6.08 Å². The number of nitrogens with one attached hydrogen (secondary N) is 1. The van der Waals surface area contributed by atoms with Crippen LogP contribution >= 0.6 is 0 Å². The Labute approximate surface area is 140 Å². The standard InChI is InChI=1S/C17H20N2O5/c1-3-24-17(22)7-6-15(20)18-12-4-5-13-11(10-23-2)8-16(21)19-14(13)9-12/h4-5,8-9,13H,3,6-7,10H2,1-2H3,(H,19,21). The van der Waals surface area contributed by atoms with Crippen LogP contribution in [0.4, 0.5) is 0 Å². The predicted molar refractivity (Wildman–Crippen MR) is 87.1 cm³/mol. The van der Waals surface area contributed by atoms with E-state index in [0.29, 0.717) is 18.0 Å². The first-order valence-corrected chi connectivity index (χ1v) is 7.70. The van der Waals surface area contributed by atoms with E-state index in [4.69, 9.17) is 9.47 Å². The molecule has 2 aliphatic rings. The quantitative estimate of drug-likeness (QED) is 0.734. The van der Waals surface area contributed by atoms with Crippen LogP contribution in [0.1, 0.15) is 19.8 Å². The summed E-state index contributed by atoms with van der Waals surface area (Å²) in [6.45, 7) is 2.35. The van der Waals surface area contributed by atoms with Gasteiger partial charge in [-0.05, 0) is 24.6 Å². The van der Waals surface area contributed by atoms with Gasteiger partial charge in [0.2, 0.25) is 11.8 Å². The molecule has 0 aromatic carbocycles. The molecule has 1 aliphatic heterocycles. The molecule has 0 aromatic rings. The largest absolute Gasteiger partial charge is 0.466 e. The summed E-state index contributed by atoms with van der Waals surface area (Å²) in [6, 6.07) is 0. The second-order valence-electron chi connectivity index (χ2n) is 5.31. The summed E-state index contributed by atoms with van der Waals surface area (Å²) >= 11 is 0. The van der Waals surface area contributed by atoms with Crippen LogP contribution in [0.25, 0.3) is 0 Å². The number of allylic oxidation sites excluding steroid dienone is 3. The first-order chi connectivity index (χ1) is 11.5. The zero-order chi connectivity index (χ0) is 17.5. The minimum Gasteiger partial charge on any atom is -0.466 e. The number of ether oxygens (including phenoxy) is 2. The number of hydrogen-bond acceptors (Lipinski definition) is 5. The van der Waals surface area contributed by atoms with E-state index in [1.165, 1.54) is 6.08 Å². The number of esters is 1. The fraction of sp³-hybridized carbons (Fsp3) is 0.412. The van der Waals surface area contributed by atoms with Crippen molar-refractivity contribution in [1.29, 1.82) is 0 Å². The van der Waals surface area contributed by atoms with Gasteiger partial charge in [0.05, 0.1) is 25.3 Å². The van der Waals surface area contributed by atoms with Gasteiger partial charge in [0.1, 0.15) is 0 Å². The molecule has 0 saturated heterocycles. The van der Waals surface area contributed by atoms with Crippen LogP contribution < -0.4 is 5.32 Å². The van der Waals surface area contributed by atoms with E-state index in [9.17, 15) is 14.4 Å². The molecule has 0 spiro atoms. The third-order valence-electron chi connectivity index (χ3n) is 3.49. The van der Waals surface area contributed by atoms with Crippen molar-refractivity contribution < 1.29 is 23.9 Å². The third-order valence-corrected chi connectivity index (χ3v) is 3.49. The van der Waals surface area contributed by atoms with Crippen molar-refractivity contribution >= 4 is 23.5 Å². The van der Waals surface area contributed by atoms with E-state index in [1.807, 2.05) is 6.08 Å². The smallest absolute Gasteiger partial charge is 0.306 e. The lowest BCUT2D eigenvalue weighted by Crippen LogP contribution is -2.34. The van der Waals surface area contributed by atoms with Crippen LogP contribution in [0.3, 0.4) is 0 Å². The summed E-state index contributed by atoms with van der Waals surface area (Å²) in [6.07, 6.45) is 6.75. The average molecular weight is 332 g/mol. The van der Waals surface area contributed by atoms with Crippen molar-refractivity contribution in [3.05, 3.63) is 35.6 Å². The highest BCUT2D eigenvalue weighted by molar-refractivity contribution is 6.11. The molecule has 24 heavy (non-hydrogen) atoms. The van der Waals surface area contributed by atoms with Gasteiger partial charge in [-0.3, -0.25) is 14.4 Å². The third kappa shape index (κ3) is 4.73. The summed E-state index contributed by atoms with van der Waals surface area (Å²) in [4.78, 5) is 38.7. The summed E-state index contributed by atoms with van der Waals surface area (Å²) in [5.41, 5.74) is 1.94. The van der Waals surface area contributed by atoms with Crippen molar-refractivity contribution in [3.8, 4) is 0 Å². The van der Waals surface area contributed by atoms with Crippen molar-refractivity contribution in [3.63, 3.8) is 0 Å². The monoisotopic (exact) mass is 332 g/mol. The van der Waals surface area contributed by atoms with Gasteiger partial charge < -0.3 is 14.8 Å². The van der Waals surface area contributed by atoms with Gasteiger partial charge in [-0.15, -0.1) is 0 Å². The second-order valence-corrected chi connectivity index (χ2v) is 5.31. The van der Waals surface area contributed by atoms with E-state index >= 15 is 0 Å². The summed E-state index contributed by atoms with van der Waals surface area (Å²) in [5.74, 6) is -1.14. The first-order valence-electron chi connectivity index (χ1n) is 7.70. The lowest BCUT2D eigenvalue weighted by Gasteiger charge is -2.27. The zero-order valence-electron chi connectivity index (χ0n) is 13.7. The summed E-state index contributed by atoms with van der Waals surface area (Å²) in [7, 11) is 1.57. The van der Waals surface area contributed by atoms with Crippen LogP contribution in [0.2, 0.25) is 0 Å². The van der Waals surface area contributed by atoms with Gasteiger partial charge in [-0.2, -0.15) is 0 Å². The number of amides is 2. The Kier molecular flexibility index (Phi) is 6.20. The maximum atomic E-state index is 11.8. The number of fused-ring (bicyclic) bond motifs is 1. The fourth-order valence-electron chi connectivity index (χ4n) is 2.48. The van der Waals surface area contributed by atoms with E-state index in [-0.39, 0.29) is 31.3 Å². The molecule has 1 atom stereocenters. The number of methoxy groups -OCH3 is 1. The minimum atomic E-state index is -0.419. The number of nitrogens with zero attached hydrogens (tertiary/aromatic N) is 1. The van der Waals surface area contributed by atoms with Crippen LogP contribution in [0.15, 0.2) is 40.6 Å². The highest BCUT2D eigenvalue weighted by Crippen LogP contribution is 2.27. The van der Waals surface area contributed by atoms with Gasteiger partial charge in [-0.25, -0.2) is 4.99 Å². The zero-order valence-corrected chi connectivity index (χ0v) is 13.7. The Balaban J connectivity index is 2.04. The van der Waals surface area contributed by atoms with E-state index in [2.05, 4.69) is 10.3 Å². The highest BCUT2D eigenvalue weighted by Gasteiger charge is 2.26. The van der Waals surface area contributed by atoms with E-state index < -0.39 is 11.9 Å². The molecule has 0 fully saturated rings. The lowest BCUT2D eigenvalue weighted by atomic mass is 9.88. The van der Waals surface area contributed by atoms with Crippen LogP contribution in [-0.2, 0) is 23.9 Å². The van der Waals surface area contributed by atoms with Crippen LogP contribution in [-0.4, -0.2) is 43.8 Å². The van der Waals surface area contributed by atoms with Crippen molar-refractivity contribution in [2.45, 2.75) is 19.8 Å². The molecule has 7 heteroatoms. The maximum absolute atomic E-state index is 11.8. The average Bonchev–Trinajstić information content (AvgIpc) is 2.53. The lowest BCUT2D eigenvalue weighted by molar-refractivity contribution is -0.144. The number of hydrogen-bond donors (Lipinski definition) is 1. The Bertz CT molecular complexity index is 658. The summed E-state index contributed by atoms with van der Waals surface area (Å²) < 4.78 is 9.88. The molecule has 1 unspecified atom stereocenters. The first kappa shape index (κ1) is 17.8. The fourth-order valence-corrected chi connectivity index (χ4v) is 2.48. The van der Waals surface area contributed by atoms with Gasteiger partial charge in [0.25, 0.3) is 0 Å². The highest BCUT2D eigenvalue weighted by atomic mass is 16.5. The van der Waals surface area contributed by atoms with Crippen molar-refractivity contribution in [2.75, 3.05) is 20.3 Å². The number of aliphatic imine (C=N–C) groups is 1. The molecule has 2 rings (SSSR count).